The van der Waals surface area contributed by atoms with E-state index in [0.717, 1.165) is 49.1 Å². The van der Waals surface area contributed by atoms with Crippen LogP contribution in [0.2, 0.25) is 0 Å². The van der Waals surface area contributed by atoms with Crippen LogP contribution < -0.4 is 5.32 Å². The molecular weight excluding hydrogens is 342 g/mol. The number of sulfonamides is 1. The molecule has 8 heteroatoms. The molecule has 0 bridgehead atoms. The lowest BCUT2D eigenvalue weighted by atomic mass is 9.90. The van der Waals surface area contributed by atoms with Gasteiger partial charge in [-0.05, 0) is 33.6 Å². The van der Waals surface area contributed by atoms with Crippen LogP contribution in [0.3, 0.4) is 0 Å². The first-order chi connectivity index (χ1) is 11.6. The molecule has 1 N–H and O–H groups in total. The van der Waals surface area contributed by atoms with Crippen molar-refractivity contribution in [2.24, 2.45) is 0 Å². The lowest BCUT2D eigenvalue weighted by Gasteiger charge is -2.50. The summed E-state index contributed by atoms with van der Waals surface area (Å²) in [5, 5.41) is 2.88. The van der Waals surface area contributed by atoms with Gasteiger partial charge < -0.3 is 10.2 Å². The molecule has 1 saturated heterocycles. The first kappa shape index (κ1) is 20.2. The molecule has 0 aromatic rings. The average molecular weight is 374 g/mol. The lowest BCUT2D eigenvalue weighted by molar-refractivity contribution is -0.157. The molecule has 1 atom stereocenters. The van der Waals surface area contributed by atoms with Crippen molar-refractivity contribution >= 4 is 21.8 Å². The van der Waals surface area contributed by atoms with Crippen LogP contribution >= 0.6 is 0 Å². The number of carbonyl (C=O) groups is 2. The summed E-state index contributed by atoms with van der Waals surface area (Å²) in [6.07, 6.45) is 7.18. The second-order valence-electron chi connectivity index (χ2n) is 7.84. The zero-order chi connectivity index (χ0) is 18.8. The summed E-state index contributed by atoms with van der Waals surface area (Å²) in [6, 6.07) is -0.0800. The molecule has 1 unspecified atom stereocenters. The fourth-order valence-electron chi connectivity index (χ4n) is 3.93. The quantitative estimate of drug-likeness (QED) is 0.748. The highest BCUT2D eigenvalue weighted by atomic mass is 32.2. The van der Waals surface area contributed by atoms with Gasteiger partial charge in [0.25, 0.3) is 0 Å². The number of hydrogen-bond donors (Lipinski definition) is 1. The Morgan fingerprint density at radius 3 is 2.24 bits per heavy atom. The standard InChI is InChI=1S/C17H31N3O4S/c1-13(2)18-16(22)17(3)12-19(25(4,23)24)11-15(21)20(17)14-9-7-5-6-8-10-14/h13-14H,5-12H2,1-4H3,(H,18,22). The maximum Gasteiger partial charge on any atom is 0.247 e. The Hall–Kier alpha value is -1.15. The van der Waals surface area contributed by atoms with Gasteiger partial charge in [0.2, 0.25) is 21.8 Å². The van der Waals surface area contributed by atoms with Crippen LogP contribution in [0, 0.1) is 0 Å². The number of nitrogens with zero attached hydrogens (tertiary/aromatic N) is 2. The fraction of sp³-hybridized carbons (Fsp3) is 0.882. The van der Waals surface area contributed by atoms with E-state index in [-0.39, 0.29) is 37.0 Å². The topological polar surface area (TPSA) is 86.8 Å². The lowest BCUT2D eigenvalue weighted by Crippen LogP contribution is -2.72. The van der Waals surface area contributed by atoms with Crippen molar-refractivity contribution in [3.8, 4) is 0 Å². The highest BCUT2D eigenvalue weighted by molar-refractivity contribution is 7.88. The Morgan fingerprint density at radius 1 is 1.20 bits per heavy atom. The average Bonchev–Trinajstić information content (AvgIpc) is 2.74. The van der Waals surface area contributed by atoms with Crippen molar-refractivity contribution in [1.29, 1.82) is 0 Å². The van der Waals surface area contributed by atoms with E-state index < -0.39 is 15.6 Å². The Morgan fingerprint density at radius 2 is 1.76 bits per heavy atom. The van der Waals surface area contributed by atoms with Gasteiger partial charge in [-0.15, -0.1) is 0 Å². The molecule has 1 aliphatic heterocycles. The van der Waals surface area contributed by atoms with E-state index in [1.54, 1.807) is 11.8 Å². The first-order valence-corrected chi connectivity index (χ1v) is 11.0. The molecule has 2 fully saturated rings. The Balaban J connectivity index is 2.39. The number of rotatable bonds is 4. The summed E-state index contributed by atoms with van der Waals surface area (Å²) in [7, 11) is -3.55. The van der Waals surface area contributed by atoms with E-state index in [1.807, 2.05) is 13.8 Å². The van der Waals surface area contributed by atoms with E-state index in [1.165, 1.54) is 0 Å². The minimum atomic E-state index is -3.55. The minimum absolute atomic E-state index is 0.000350. The van der Waals surface area contributed by atoms with E-state index in [2.05, 4.69) is 5.32 Å². The van der Waals surface area contributed by atoms with Crippen molar-refractivity contribution in [2.45, 2.75) is 76.9 Å². The monoisotopic (exact) mass is 373 g/mol. The van der Waals surface area contributed by atoms with Gasteiger partial charge in [0.05, 0.1) is 12.8 Å². The molecule has 144 valence electrons. The van der Waals surface area contributed by atoms with Crippen molar-refractivity contribution in [3.05, 3.63) is 0 Å². The zero-order valence-electron chi connectivity index (χ0n) is 15.7. The van der Waals surface area contributed by atoms with Gasteiger partial charge in [-0.25, -0.2) is 8.42 Å². The summed E-state index contributed by atoms with van der Waals surface area (Å²) in [4.78, 5) is 27.6. The van der Waals surface area contributed by atoms with Gasteiger partial charge in [-0.2, -0.15) is 4.31 Å². The number of amides is 2. The van der Waals surface area contributed by atoms with Gasteiger partial charge >= 0.3 is 0 Å². The van der Waals surface area contributed by atoms with E-state index in [4.69, 9.17) is 0 Å². The predicted octanol–water partition coefficient (Wildman–Crippen LogP) is 1.10. The summed E-state index contributed by atoms with van der Waals surface area (Å²) in [6.45, 7) is 5.24. The van der Waals surface area contributed by atoms with Crippen molar-refractivity contribution in [3.63, 3.8) is 0 Å². The third kappa shape index (κ3) is 4.53. The number of hydrogen-bond acceptors (Lipinski definition) is 4. The van der Waals surface area contributed by atoms with Gasteiger partial charge in [-0.1, -0.05) is 25.7 Å². The van der Waals surface area contributed by atoms with E-state index >= 15 is 0 Å². The first-order valence-electron chi connectivity index (χ1n) is 9.14. The molecule has 25 heavy (non-hydrogen) atoms. The van der Waals surface area contributed by atoms with Crippen LogP contribution in [-0.4, -0.2) is 66.4 Å². The van der Waals surface area contributed by atoms with Crippen LogP contribution in [0.15, 0.2) is 0 Å². The summed E-state index contributed by atoms with van der Waals surface area (Å²) >= 11 is 0. The third-order valence-corrected chi connectivity index (χ3v) is 6.36. The van der Waals surface area contributed by atoms with Gasteiger partial charge in [0, 0.05) is 18.6 Å². The normalized spacial score (nSPS) is 27.4. The summed E-state index contributed by atoms with van der Waals surface area (Å²) < 4.78 is 25.2. The molecule has 1 saturated carbocycles. The molecule has 2 aliphatic rings. The van der Waals surface area contributed by atoms with Crippen molar-refractivity contribution in [2.75, 3.05) is 19.3 Å². The molecule has 0 aromatic heterocycles. The van der Waals surface area contributed by atoms with Crippen LogP contribution in [0.5, 0.6) is 0 Å². The second-order valence-corrected chi connectivity index (χ2v) is 9.82. The Kier molecular flexibility index (Phi) is 6.14. The highest BCUT2D eigenvalue weighted by Crippen LogP contribution is 2.32. The van der Waals surface area contributed by atoms with Crippen LogP contribution in [0.25, 0.3) is 0 Å². The maximum absolute atomic E-state index is 13.0. The van der Waals surface area contributed by atoms with Crippen molar-refractivity contribution in [1.82, 2.24) is 14.5 Å². The molecule has 1 heterocycles. The predicted molar refractivity (Wildman–Crippen MR) is 96.4 cm³/mol. The fourth-order valence-corrected chi connectivity index (χ4v) is 4.76. The largest absolute Gasteiger partial charge is 0.352 e. The molecular formula is C17H31N3O4S. The highest BCUT2D eigenvalue weighted by Gasteiger charge is 2.51. The molecule has 7 nitrogen and oxygen atoms in total. The maximum atomic E-state index is 13.0. The number of carbonyl (C=O) groups excluding carboxylic acids is 2. The minimum Gasteiger partial charge on any atom is -0.352 e. The number of piperazine rings is 1. The van der Waals surface area contributed by atoms with Crippen molar-refractivity contribution < 1.29 is 18.0 Å². The molecule has 0 aromatic carbocycles. The summed E-state index contributed by atoms with van der Waals surface area (Å²) in [5.41, 5.74) is -1.18. The zero-order valence-corrected chi connectivity index (χ0v) is 16.6. The van der Waals surface area contributed by atoms with Gasteiger partial charge in [0.15, 0.2) is 0 Å². The Labute approximate surface area is 151 Å². The Bertz CT molecular complexity index is 611. The van der Waals surface area contributed by atoms with Crippen LogP contribution in [-0.2, 0) is 19.6 Å². The SMILES string of the molecule is CC(C)NC(=O)C1(C)CN(S(C)(=O)=O)CC(=O)N1C1CCCCCC1. The summed E-state index contributed by atoms with van der Waals surface area (Å²) in [5.74, 6) is -0.557. The molecule has 2 amide bonds. The smallest absolute Gasteiger partial charge is 0.247 e. The van der Waals surface area contributed by atoms with Crippen LogP contribution in [0.1, 0.15) is 59.3 Å². The van der Waals surface area contributed by atoms with E-state index in [0.29, 0.717) is 0 Å². The van der Waals surface area contributed by atoms with E-state index in [9.17, 15) is 18.0 Å². The molecule has 1 aliphatic carbocycles. The third-order valence-electron chi connectivity index (χ3n) is 5.16. The molecule has 0 radical (unpaired) electrons. The number of nitrogens with one attached hydrogen (secondary N) is 1. The van der Waals surface area contributed by atoms with Gasteiger partial charge in [0.1, 0.15) is 5.54 Å². The second kappa shape index (κ2) is 7.61. The molecule has 0 spiro atoms. The van der Waals surface area contributed by atoms with Gasteiger partial charge in [-0.3, -0.25) is 9.59 Å². The van der Waals surface area contributed by atoms with Crippen LogP contribution in [0.4, 0.5) is 0 Å². The molecule has 2 rings (SSSR count).